The Bertz CT molecular complexity index is 1050. The zero-order valence-corrected chi connectivity index (χ0v) is 16.9. The molecule has 0 aliphatic rings. The van der Waals surface area contributed by atoms with Gasteiger partial charge in [-0.2, -0.15) is 0 Å². The van der Waals surface area contributed by atoms with E-state index in [1.54, 1.807) is 24.3 Å². The molecule has 4 rings (SSSR count). The minimum absolute atomic E-state index is 0. The second-order valence-electron chi connectivity index (χ2n) is 5.83. The molecule has 0 saturated carbocycles. The van der Waals surface area contributed by atoms with Crippen molar-refractivity contribution in [1.29, 1.82) is 10.8 Å². The van der Waals surface area contributed by atoms with E-state index in [0.29, 0.717) is 17.5 Å². The maximum absolute atomic E-state index is 7.51. The number of rotatable bonds is 4. The molecule has 126 valence electrons. The van der Waals surface area contributed by atoms with Crippen LogP contribution < -0.4 is 11.5 Å². The zero-order valence-electron chi connectivity index (χ0n) is 13.9. The normalized spacial score (nSPS) is 10.8. The molecule has 0 saturated heterocycles. The number of nitrogens with one attached hydrogen (secondary N) is 4. The van der Waals surface area contributed by atoms with Crippen molar-refractivity contribution >= 4 is 33.7 Å². The molecule has 0 aliphatic carbocycles. The van der Waals surface area contributed by atoms with E-state index in [9.17, 15) is 0 Å². The third-order valence-electron chi connectivity index (χ3n) is 4.02. The number of hydrogen-bond donors (Lipinski definition) is 6. The predicted molar refractivity (Wildman–Crippen MR) is 97.0 cm³/mol. The van der Waals surface area contributed by atoms with Gasteiger partial charge in [0.1, 0.15) is 23.3 Å². The molecule has 0 radical (unpaired) electrons. The molecular weight excluding hydrogens is 382 g/mol. The molecule has 9 heteroatoms. The van der Waals surface area contributed by atoms with Crippen molar-refractivity contribution in [3.05, 3.63) is 59.2 Å². The van der Waals surface area contributed by atoms with Crippen LogP contribution in [-0.4, -0.2) is 31.6 Å². The van der Waals surface area contributed by atoms with Gasteiger partial charge in [0.05, 0.1) is 28.5 Å². The van der Waals surface area contributed by atoms with E-state index >= 15 is 0 Å². The Kier molecular flexibility index (Phi) is 4.57. The molecule has 4 aromatic rings. The van der Waals surface area contributed by atoms with Crippen LogP contribution in [0, 0.1) is 10.8 Å². The summed E-state index contributed by atoms with van der Waals surface area (Å²) in [4.78, 5) is 15.6. The van der Waals surface area contributed by atoms with Gasteiger partial charge in [-0.3, -0.25) is 10.8 Å². The van der Waals surface area contributed by atoms with Gasteiger partial charge in [0.25, 0.3) is 0 Å². The summed E-state index contributed by atoms with van der Waals surface area (Å²) in [5.74, 6) is 1.57. The average molecular weight is 398 g/mol. The van der Waals surface area contributed by atoms with E-state index in [2.05, 4.69) is 19.9 Å². The van der Waals surface area contributed by atoms with Gasteiger partial charge >= 0.3 is 0 Å². The molecule has 2 aromatic carbocycles. The number of imidazole rings is 2. The molecule has 0 amide bonds. The van der Waals surface area contributed by atoms with Crippen LogP contribution >= 0.6 is 0 Å². The molecule has 8 nitrogen and oxygen atoms in total. The van der Waals surface area contributed by atoms with Gasteiger partial charge in [0.2, 0.25) is 0 Å². The van der Waals surface area contributed by atoms with Gasteiger partial charge < -0.3 is 21.4 Å². The van der Waals surface area contributed by atoms with Crippen LogP contribution in [0.4, 0.5) is 0 Å². The third kappa shape index (κ3) is 3.21. The molecule has 26 heavy (non-hydrogen) atoms. The van der Waals surface area contributed by atoms with Crippen molar-refractivity contribution in [2.24, 2.45) is 11.5 Å². The van der Waals surface area contributed by atoms with Crippen LogP contribution in [0.25, 0.3) is 22.1 Å². The van der Waals surface area contributed by atoms with E-state index in [1.165, 1.54) is 0 Å². The first-order valence-corrected chi connectivity index (χ1v) is 7.65. The first-order valence-electron chi connectivity index (χ1n) is 7.65. The number of fused-ring (bicyclic) bond motifs is 2. The summed E-state index contributed by atoms with van der Waals surface area (Å²) in [5.41, 5.74) is 15.6. The summed E-state index contributed by atoms with van der Waals surface area (Å²) in [7, 11) is 0. The Morgan fingerprint density at radius 3 is 1.62 bits per heavy atom. The number of nitrogens with zero attached hydrogens (tertiary/aromatic N) is 2. The number of hydrogen-bond acceptors (Lipinski definition) is 4. The van der Waals surface area contributed by atoms with Gasteiger partial charge in [0, 0.05) is 30.6 Å². The number of benzene rings is 2. The van der Waals surface area contributed by atoms with Crippen LogP contribution in [0.5, 0.6) is 0 Å². The maximum atomic E-state index is 7.51. The number of aromatic amines is 2. The van der Waals surface area contributed by atoms with Crippen LogP contribution in [0.15, 0.2) is 36.4 Å². The van der Waals surface area contributed by atoms with Gasteiger partial charge in [-0.15, -0.1) is 0 Å². The molecule has 2 aromatic heterocycles. The number of amidine groups is 2. The Morgan fingerprint density at radius 1 is 0.808 bits per heavy atom. The van der Waals surface area contributed by atoms with Crippen molar-refractivity contribution in [3.8, 4) is 0 Å². The second kappa shape index (κ2) is 6.69. The number of aromatic nitrogens is 4. The predicted octanol–water partition coefficient (Wildman–Crippen LogP) is 1.60. The largest absolute Gasteiger partial charge is 0.384 e. The summed E-state index contributed by atoms with van der Waals surface area (Å²) < 4.78 is 0. The monoisotopic (exact) mass is 396 g/mol. The van der Waals surface area contributed by atoms with Crippen molar-refractivity contribution < 1.29 is 19.5 Å². The third-order valence-corrected chi connectivity index (χ3v) is 4.02. The fourth-order valence-electron chi connectivity index (χ4n) is 2.78. The van der Waals surface area contributed by atoms with Crippen LogP contribution in [-0.2, 0) is 25.9 Å². The fraction of sp³-hybridized carbons (Fsp3) is 0.0588. The summed E-state index contributed by atoms with van der Waals surface area (Å²) in [6.45, 7) is 0. The Morgan fingerprint density at radius 2 is 1.23 bits per heavy atom. The minimum Gasteiger partial charge on any atom is -0.384 e. The SMILES string of the molecule is N=C(N)c1ccc2[nH]c(Cc3nc4cc(C(=N)N)ccc4[nH]3)nc2c1.[Zn]. The van der Waals surface area contributed by atoms with Crippen molar-refractivity contribution in [2.75, 3.05) is 0 Å². The van der Waals surface area contributed by atoms with Crippen molar-refractivity contribution in [3.63, 3.8) is 0 Å². The van der Waals surface area contributed by atoms with E-state index < -0.39 is 0 Å². The van der Waals surface area contributed by atoms with Crippen LogP contribution in [0.2, 0.25) is 0 Å². The minimum atomic E-state index is 0. The van der Waals surface area contributed by atoms with Crippen LogP contribution in [0.3, 0.4) is 0 Å². The molecule has 0 fully saturated rings. The number of nitrogen functional groups attached to an aromatic ring is 2. The molecular formula is C17H16N8Zn. The van der Waals surface area contributed by atoms with Crippen molar-refractivity contribution in [1.82, 2.24) is 19.9 Å². The Labute approximate surface area is 161 Å². The fourth-order valence-corrected chi connectivity index (χ4v) is 2.78. The Hall–Kier alpha value is -3.06. The molecule has 0 spiro atoms. The number of H-pyrrole nitrogens is 2. The van der Waals surface area contributed by atoms with E-state index in [0.717, 1.165) is 33.7 Å². The first-order chi connectivity index (χ1) is 12.0. The first kappa shape index (κ1) is 17.8. The molecule has 2 heterocycles. The van der Waals surface area contributed by atoms with E-state index in [4.69, 9.17) is 22.3 Å². The van der Waals surface area contributed by atoms with E-state index in [-0.39, 0.29) is 31.1 Å². The molecule has 0 bridgehead atoms. The summed E-state index contributed by atoms with van der Waals surface area (Å²) in [6, 6.07) is 10.9. The summed E-state index contributed by atoms with van der Waals surface area (Å²) in [6.07, 6.45) is 0.508. The quantitative estimate of drug-likeness (QED) is 0.175. The number of nitrogens with two attached hydrogens (primary N) is 2. The summed E-state index contributed by atoms with van der Waals surface area (Å²) >= 11 is 0. The molecule has 0 unspecified atom stereocenters. The topological polar surface area (TPSA) is 157 Å². The van der Waals surface area contributed by atoms with Crippen molar-refractivity contribution in [2.45, 2.75) is 6.42 Å². The Balaban J connectivity index is 0.00000196. The van der Waals surface area contributed by atoms with Gasteiger partial charge in [-0.1, -0.05) is 0 Å². The average Bonchev–Trinajstić information content (AvgIpc) is 3.15. The molecule has 0 aliphatic heterocycles. The van der Waals surface area contributed by atoms with Crippen LogP contribution in [0.1, 0.15) is 22.8 Å². The van der Waals surface area contributed by atoms with Gasteiger partial charge in [-0.25, -0.2) is 9.97 Å². The standard InChI is InChI=1S/C17H16N8.Zn/c18-16(19)8-1-3-10-12(5-8)24-14(22-10)7-15-23-11-4-2-9(17(20)21)6-13(11)25-15;/h1-6H,7H2,(H3,18,19)(H3,20,21)(H,22,24)(H,23,25);. The second-order valence-corrected chi connectivity index (χ2v) is 5.83. The van der Waals surface area contributed by atoms with Gasteiger partial charge in [0.15, 0.2) is 0 Å². The van der Waals surface area contributed by atoms with Gasteiger partial charge in [-0.05, 0) is 36.4 Å². The molecule has 8 N–H and O–H groups in total. The van der Waals surface area contributed by atoms with E-state index in [1.807, 2.05) is 12.1 Å². The summed E-state index contributed by atoms with van der Waals surface area (Å²) in [5, 5.41) is 15.0. The zero-order chi connectivity index (χ0) is 17.6. The smallest absolute Gasteiger partial charge is 0.122 e. The molecule has 0 atom stereocenters. The maximum Gasteiger partial charge on any atom is 0.122 e.